The molecule has 0 aliphatic rings. The number of halogens is 1. The van der Waals surface area contributed by atoms with E-state index in [2.05, 4.69) is 25.9 Å². The van der Waals surface area contributed by atoms with Crippen molar-refractivity contribution in [1.82, 2.24) is 9.97 Å². The number of aryl methyl sites for hydroxylation is 1. The average molecular weight is 244 g/mol. The second-order valence-electron chi connectivity index (χ2n) is 2.43. The van der Waals surface area contributed by atoms with Crippen LogP contribution in [-0.4, -0.2) is 9.97 Å². The summed E-state index contributed by atoms with van der Waals surface area (Å²) in [6, 6.07) is 1.94. The fraction of sp³-hybridized carbons (Fsp3) is 0.143. The van der Waals surface area contributed by atoms with Crippen LogP contribution in [0, 0.1) is 6.92 Å². The summed E-state index contributed by atoms with van der Waals surface area (Å²) in [4.78, 5) is 9.26. The molecule has 2 aromatic rings. The topological polar surface area (TPSA) is 51.8 Å². The number of anilines is 1. The molecule has 5 heteroatoms. The minimum absolute atomic E-state index is 0.555. The molecule has 2 N–H and O–H groups in total. The second-order valence-corrected chi connectivity index (χ2v) is 4.84. The van der Waals surface area contributed by atoms with Crippen LogP contribution in [0.4, 0.5) is 5.82 Å². The number of fused-ring (bicyclic) bond motifs is 1. The molecule has 3 nitrogen and oxygen atoms in total. The average Bonchev–Trinajstić information content (AvgIpc) is 2.29. The summed E-state index contributed by atoms with van der Waals surface area (Å²) in [6.45, 7) is 1.84. The zero-order valence-electron chi connectivity index (χ0n) is 6.34. The van der Waals surface area contributed by atoms with Gasteiger partial charge in [0, 0.05) is 0 Å². The van der Waals surface area contributed by atoms with E-state index in [-0.39, 0.29) is 0 Å². The lowest BCUT2D eigenvalue weighted by molar-refractivity contribution is 1.11. The van der Waals surface area contributed by atoms with Gasteiger partial charge in [0.2, 0.25) is 0 Å². The Morgan fingerprint density at radius 2 is 2.25 bits per heavy atom. The molecule has 0 atom stereocenters. The van der Waals surface area contributed by atoms with Crippen molar-refractivity contribution in [3.05, 3.63) is 15.7 Å². The summed E-state index contributed by atoms with van der Waals surface area (Å²) < 4.78 is 1.03. The third kappa shape index (κ3) is 1.19. The van der Waals surface area contributed by atoms with E-state index in [1.165, 1.54) is 0 Å². The van der Waals surface area contributed by atoms with Crippen LogP contribution in [0.5, 0.6) is 0 Å². The molecule has 0 aliphatic heterocycles. The number of hydrogen-bond donors (Lipinski definition) is 1. The highest BCUT2D eigenvalue weighted by molar-refractivity contribution is 9.11. The van der Waals surface area contributed by atoms with E-state index in [9.17, 15) is 0 Å². The standard InChI is InChI=1S/C7H6BrN3S/c1-3-10-6(9)4-2-5(8)12-7(4)11-3/h2H,1H3,(H2,9,10,11). The molecule has 0 aromatic carbocycles. The molecule has 0 saturated carbocycles. The zero-order valence-corrected chi connectivity index (χ0v) is 8.74. The molecule has 0 amide bonds. The maximum absolute atomic E-state index is 5.71. The number of thiophene rings is 1. The highest BCUT2D eigenvalue weighted by Crippen LogP contribution is 2.30. The van der Waals surface area contributed by atoms with Gasteiger partial charge in [-0.1, -0.05) is 0 Å². The molecular formula is C7H6BrN3S. The minimum Gasteiger partial charge on any atom is -0.383 e. The predicted molar refractivity (Wildman–Crippen MR) is 54.3 cm³/mol. The highest BCUT2D eigenvalue weighted by Gasteiger charge is 2.05. The normalized spacial score (nSPS) is 10.8. The summed E-state index contributed by atoms with van der Waals surface area (Å²) in [5, 5.41) is 0.928. The van der Waals surface area contributed by atoms with Crippen LogP contribution in [0.3, 0.4) is 0 Å². The van der Waals surface area contributed by atoms with Crippen LogP contribution < -0.4 is 5.73 Å². The van der Waals surface area contributed by atoms with Crippen molar-refractivity contribution in [3.8, 4) is 0 Å². The molecule has 12 heavy (non-hydrogen) atoms. The third-order valence-electron chi connectivity index (χ3n) is 1.50. The fourth-order valence-corrected chi connectivity index (χ4v) is 2.53. The van der Waals surface area contributed by atoms with E-state index in [0.29, 0.717) is 11.6 Å². The van der Waals surface area contributed by atoms with Crippen molar-refractivity contribution in [2.45, 2.75) is 6.92 Å². The summed E-state index contributed by atoms with van der Waals surface area (Å²) in [5.41, 5.74) is 5.71. The molecule has 0 radical (unpaired) electrons. The van der Waals surface area contributed by atoms with E-state index in [1.54, 1.807) is 11.3 Å². The van der Waals surface area contributed by atoms with Crippen molar-refractivity contribution in [3.63, 3.8) is 0 Å². The molecular weight excluding hydrogens is 238 g/mol. The lowest BCUT2D eigenvalue weighted by Crippen LogP contribution is -1.94. The maximum atomic E-state index is 5.71. The van der Waals surface area contributed by atoms with Gasteiger partial charge in [0.1, 0.15) is 16.5 Å². The molecule has 0 bridgehead atoms. The molecule has 0 fully saturated rings. The van der Waals surface area contributed by atoms with Crippen molar-refractivity contribution in [2.24, 2.45) is 0 Å². The first-order valence-corrected chi connectivity index (χ1v) is 4.97. The quantitative estimate of drug-likeness (QED) is 0.773. The van der Waals surface area contributed by atoms with Gasteiger partial charge in [0.25, 0.3) is 0 Å². The first kappa shape index (κ1) is 7.94. The number of hydrogen-bond acceptors (Lipinski definition) is 4. The molecule has 0 unspecified atom stereocenters. The van der Waals surface area contributed by atoms with Gasteiger partial charge in [-0.3, -0.25) is 0 Å². The Balaban J connectivity index is 2.88. The molecule has 0 aliphatic carbocycles. The summed E-state index contributed by atoms with van der Waals surface area (Å²) in [6.07, 6.45) is 0. The monoisotopic (exact) mass is 243 g/mol. The fourth-order valence-electron chi connectivity index (χ4n) is 1.03. The van der Waals surface area contributed by atoms with Gasteiger partial charge in [-0.05, 0) is 28.9 Å². The van der Waals surface area contributed by atoms with Crippen molar-refractivity contribution in [1.29, 1.82) is 0 Å². The van der Waals surface area contributed by atoms with E-state index < -0.39 is 0 Å². The number of nitrogens with two attached hydrogens (primary N) is 1. The number of rotatable bonds is 0. The minimum atomic E-state index is 0.555. The van der Waals surface area contributed by atoms with Crippen LogP contribution in [0.2, 0.25) is 0 Å². The Kier molecular flexibility index (Phi) is 1.77. The Morgan fingerprint density at radius 3 is 3.00 bits per heavy atom. The van der Waals surface area contributed by atoms with Crippen LogP contribution in [0.15, 0.2) is 9.85 Å². The molecule has 2 heterocycles. The van der Waals surface area contributed by atoms with Crippen molar-refractivity contribution < 1.29 is 0 Å². The molecule has 0 spiro atoms. The van der Waals surface area contributed by atoms with Gasteiger partial charge in [0.15, 0.2) is 0 Å². The van der Waals surface area contributed by atoms with Gasteiger partial charge < -0.3 is 5.73 Å². The summed E-state index contributed by atoms with van der Waals surface area (Å²) >= 11 is 4.94. The van der Waals surface area contributed by atoms with Crippen LogP contribution in [-0.2, 0) is 0 Å². The van der Waals surface area contributed by atoms with Gasteiger partial charge in [0.05, 0.1) is 9.17 Å². The van der Waals surface area contributed by atoms with Crippen LogP contribution >= 0.6 is 27.3 Å². The van der Waals surface area contributed by atoms with Crippen LogP contribution in [0.25, 0.3) is 10.2 Å². The number of aromatic nitrogens is 2. The lowest BCUT2D eigenvalue weighted by Gasteiger charge is -1.95. The SMILES string of the molecule is Cc1nc(N)c2cc(Br)sc2n1. The number of nitrogen functional groups attached to an aromatic ring is 1. The van der Waals surface area contributed by atoms with Crippen molar-refractivity contribution in [2.75, 3.05) is 5.73 Å². The smallest absolute Gasteiger partial charge is 0.135 e. The summed E-state index contributed by atoms with van der Waals surface area (Å²) in [5.74, 6) is 1.27. The van der Waals surface area contributed by atoms with Gasteiger partial charge >= 0.3 is 0 Å². The summed E-state index contributed by atoms with van der Waals surface area (Å²) in [7, 11) is 0. The second kappa shape index (κ2) is 2.67. The van der Waals surface area contributed by atoms with Crippen LogP contribution in [0.1, 0.15) is 5.82 Å². The third-order valence-corrected chi connectivity index (χ3v) is 3.04. The first-order valence-electron chi connectivity index (χ1n) is 3.36. The molecule has 62 valence electrons. The van der Waals surface area contributed by atoms with E-state index in [4.69, 9.17) is 5.73 Å². The predicted octanol–water partition coefficient (Wildman–Crippen LogP) is 2.34. The first-order chi connectivity index (χ1) is 5.66. The molecule has 2 rings (SSSR count). The van der Waals surface area contributed by atoms with E-state index in [0.717, 1.165) is 14.0 Å². The van der Waals surface area contributed by atoms with Gasteiger partial charge in [-0.2, -0.15) is 0 Å². The number of nitrogens with zero attached hydrogens (tertiary/aromatic N) is 2. The Labute approximate surface area is 81.8 Å². The largest absolute Gasteiger partial charge is 0.383 e. The van der Waals surface area contributed by atoms with Gasteiger partial charge in [-0.25, -0.2) is 9.97 Å². The lowest BCUT2D eigenvalue weighted by atomic mass is 10.4. The Morgan fingerprint density at radius 1 is 1.50 bits per heavy atom. The maximum Gasteiger partial charge on any atom is 0.135 e. The van der Waals surface area contributed by atoms with E-state index >= 15 is 0 Å². The Bertz CT molecular complexity index is 437. The van der Waals surface area contributed by atoms with Crippen molar-refractivity contribution >= 4 is 43.3 Å². The van der Waals surface area contributed by atoms with E-state index in [1.807, 2.05) is 13.0 Å². The van der Waals surface area contributed by atoms with Gasteiger partial charge in [-0.15, -0.1) is 11.3 Å². The Hall–Kier alpha value is -0.680. The zero-order chi connectivity index (χ0) is 8.72. The highest BCUT2D eigenvalue weighted by atomic mass is 79.9. The molecule has 0 saturated heterocycles. The molecule has 2 aromatic heterocycles.